The van der Waals surface area contributed by atoms with E-state index in [-0.39, 0.29) is 6.10 Å². The Bertz CT molecular complexity index is 90.5. The van der Waals surface area contributed by atoms with Crippen molar-refractivity contribution >= 4 is 0 Å². The highest BCUT2D eigenvalue weighted by Crippen LogP contribution is 1.79. The fourth-order valence-electron chi connectivity index (χ4n) is 0.227. The quantitative estimate of drug-likeness (QED) is 0.576. The molecule has 52 valence electrons. The molecule has 0 unspecified atom stereocenters. The molecule has 1 aromatic heterocycles. The highest BCUT2D eigenvalue weighted by atomic mass is 16.3. The van der Waals surface area contributed by atoms with Gasteiger partial charge in [-0.3, -0.25) is 0 Å². The molecule has 2 nitrogen and oxygen atoms in total. The monoisotopic (exact) mass is 128 g/mol. The summed E-state index contributed by atoms with van der Waals surface area (Å²) in [6, 6.07) is 3.67. The number of rotatable bonds is 0. The molecule has 0 atom stereocenters. The molecular formula is C7H12O2. The highest BCUT2D eigenvalue weighted by Gasteiger charge is 1.69. The van der Waals surface area contributed by atoms with Gasteiger partial charge in [-0.1, -0.05) is 0 Å². The van der Waals surface area contributed by atoms with Crippen LogP contribution in [0, 0.1) is 0 Å². The molecule has 0 aliphatic heterocycles. The Labute approximate surface area is 55.1 Å². The van der Waals surface area contributed by atoms with Crippen LogP contribution in [0.15, 0.2) is 29.1 Å². The maximum atomic E-state index is 8.06. The van der Waals surface area contributed by atoms with Gasteiger partial charge in [-0.05, 0) is 26.0 Å². The van der Waals surface area contributed by atoms with E-state index in [1.165, 1.54) is 0 Å². The first kappa shape index (κ1) is 8.24. The summed E-state index contributed by atoms with van der Waals surface area (Å²) in [6.45, 7) is 3.44. The molecular weight excluding hydrogens is 116 g/mol. The van der Waals surface area contributed by atoms with Crippen LogP contribution in [-0.4, -0.2) is 11.2 Å². The Kier molecular flexibility index (Phi) is 4.92. The summed E-state index contributed by atoms with van der Waals surface area (Å²) in [4.78, 5) is 0. The van der Waals surface area contributed by atoms with Gasteiger partial charge in [-0.2, -0.15) is 0 Å². The minimum atomic E-state index is -0.167. The summed E-state index contributed by atoms with van der Waals surface area (Å²) in [5, 5.41) is 8.06. The average Bonchev–Trinajstić information content (AvgIpc) is 2.11. The molecule has 2 heteroatoms. The van der Waals surface area contributed by atoms with Gasteiger partial charge >= 0.3 is 0 Å². The van der Waals surface area contributed by atoms with Crippen LogP contribution in [0.1, 0.15) is 13.8 Å². The summed E-state index contributed by atoms with van der Waals surface area (Å²) in [5.74, 6) is 0. The first-order valence-electron chi connectivity index (χ1n) is 2.88. The van der Waals surface area contributed by atoms with E-state index in [1.807, 2.05) is 12.1 Å². The first-order valence-corrected chi connectivity index (χ1v) is 2.88. The average molecular weight is 128 g/mol. The van der Waals surface area contributed by atoms with Gasteiger partial charge in [0.05, 0.1) is 12.5 Å². The fourth-order valence-corrected chi connectivity index (χ4v) is 0.227. The molecule has 1 heterocycles. The van der Waals surface area contributed by atoms with E-state index in [1.54, 1.807) is 26.4 Å². The van der Waals surface area contributed by atoms with Crippen molar-refractivity contribution in [3.05, 3.63) is 24.7 Å². The van der Waals surface area contributed by atoms with Crippen molar-refractivity contribution in [3.8, 4) is 0 Å². The molecule has 1 rings (SSSR count). The normalized spacial score (nSPS) is 8.44. The largest absolute Gasteiger partial charge is 0.473 e. The number of furan rings is 1. The van der Waals surface area contributed by atoms with Crippen LogP contribution in [0.5, 0.6) is 0 Å². The van der Waals surface area contributed by atoms with Gasteiger partial charge in [-0.25, -0.2) is 0 Å². The van der Waals surface area contributed by atoms with Crippen molar-refractivity contribution < 1.29 is 9.52 Å². The lowest BCUT2D eigenvalue weighted by molar-refractivity contribution is 0.216. The first-order chi connectivity index (χ1) is 4.23. The lowest BCUT2D eigenvalue weighted by Crippen LogP contribution is -1.85. The summed E-state index contributed by atoms with van der Waals surface area (Å²) < 4.78 is 4.58. The van der Waals surface area contributed by atoms with Crippen LogP contribution >= 0.6 is 0 Å². The summed E-state index contributed by atoms with van der Waals surface area (Å²) in [7, 11) is 0. The van der Waals surface area contributed by atoms with Crippen molar-refractivity contribution in [1.29, 1.82) is 0 Å². The van der Waals surface area contributed by atoms with Crippen molar-refractivity contribution in [1.82, 2.24) is 0 Å². The zero-order chi connectivity index (χ0) is 7.11. The lowest BCUT2D eigenvalue weighted by Gasteiger charge is -1.80. The Balaban J connectivity index is 0.000000148. The van der Waals surface area contributed by atoms with E-state index in [2.05, 4.69) is 4.42 Å². The van der Waals surface area contributed by atoms with Gasteiger partial charge in [0.2, 0.25) is 0 Å². The van der Waals surface area contributed by atoms with Crippen molar-refractivity contribution in [3.63, 3.8) is 0 Å². The van der Waals surface area contributed by atoms with Crippen molar-refractivity contribution in [2.75, 3.05) is 0 Å². The molecule has 0 bridgehead atoms. The Morgan fingerprint density at radius 3 is 1.67 bits per heavy atom. The fraction of sp³-hybridized carbons (Fsp3) is 0.429. The molecule has 0 fully saturated rings. The zero-order valence-electron chi connectivity index (χ0n) is 5.74. The van der Waals surface area contributed by atoms with E-state index in [0.29, 0.717) is 0 Å². The second-order valence-electron chi connectivity index (χ2n) is 1.89. The molecule has 0 aromatic carbocycles. The van der Waals surface area contributed by atoms with E-state index in [0.717, 1.165) is 0 Å². The maximum Gasteiger partial charge on any atom is 0.0902 e. The predicted octanol–water partition coefficient (Wildman–Crippen LogP) is 1.67. The topological polar surface area (TPSA) is 33.4 Å². The van der Waals surface area contributed by atoms with Crippen LogP contribution in [0.2, 0.25) is 0 Å². The smallest absolute Gasteiger partial charge is 0.0902 e. The van der Waals surface area contributed by atoms with Crippen LogP contribution in [0.4, 0.5) is 0 Å². The maximum absolute atomic E-state index is 8.06. The highest BCUT2D eigenvalue weighted by molar-refractivity contribution is 4.79. The van der Waals surface area contributed by atoms with Gasteiger partial charge in [0.25, 0.3) is 0 Å². The molecule has 0 spiro atoms. The van der Waals surface area contributed by atoms with Crippen LogP contribution in [-0.2, 0) is 0 Å². The third-order valence-corrected chi connectivity index (χ3v) is 0.425. The number of hydrogen-bond acceptors (Lipinski definition) is 2. The van der Waals surface area contributed by atoms with Crippen LogP contribution in [0.3, 0.4) is 0 Å². The van der Waals surface area contributed by atoms with Gasteiger partial charge in [0, 0.05) is 6.10 Å². The van der Waals surface area contributed by atoms with Crippen molar-refractivity contribution in [2.24, 2.45) is 0 Å². The molecule has 0 aliphatic rings. The molecule has 0 saturated carbocycles. The van der Waals surface area contributed by atoms with Gasteiger partial charge in [0.15, 0.2) is 0 Å². The van der Waals surface area contributed by atoms with Gasteiger partial charge in [0.1, 0.15) is 0 Å². The van der Waals surface area contributed by atoms with E-state index in [9.17, 15) is 0 Å². The molecule has 1 N–H and O–H groups in total. The lowest BCUT2D eigenvalue weighted by atomic mass is 10.5. The Hall–Kier alpha value is -0.760. The second kappa shape index (κ2) is 5.38. The number of hydrogen-bond donors (Lipinski definition) is 1. The van der Waals surface area contributed by atoms with Crippen LogP contribution in [0.25, 0.3) is 0 Å². The Morgan fingerprint density at radius 1 is 1.22 bits per heavy atom. The molecule has 9 heavy (non-hydrogen) atoms. The molecule has 0 radical (unpaired) electrons. The SMILES string of the molecule is CC(C)O.c1ccoc1. The third-order valence-electron chi connectivity index (χ3n) is 0.425. The zero-order valence-corrected chi connectivity index (χ0v) is 5.74. The van der Waals surface area contributed by atoms with E-state index >= 15 is 0 Å². The second-order valence-corrected chi connectivity index (χ2v) is 1.89. The predicted molar refractivity (Wildman–Crippen MR) is 36.1 cm³/mol. The van der Waals surface area contributed by atoms with E-state index < -0.39 is 0 Å². The third kappa shape index (κ3) is 11.1. The minimum Gasteiger partial charge on any atom is -0.473 e. The van der Waals surface area contributed by atoms with Crippen LogP contribution < -0.4 is 0 Å². The minimum absolute atomic E-state index is 0.167. The molecule has 1 aromatic rings. The van der Waals surface area contributed by atoms with E-state index in [4.69, 9.17) is 5.11 Å². The molecule has 0 saturated heterocycles. The van der Waals surface area contributed by atoms with Crippen molar-refractivity contribution in [2.45, 2.75) is 20.0 Å². The standard InChI is InChI=1S/C4H4O.C3H8O/c1-2-4-5-3-1;1-3(2)4/h1-4H;3-4H,1-2H3. The molecule has 0 amide bonds. The Morgan fingerprint density at radius 2 is 1.56 bits per heavy atom. The summed E-state index contributed by atoms with van der Waals surface area (Å²) in [5.41, 5.74) is 0. The van der Waals surface area contributed by atoms with Gasteiger partial charge in [-0.15, -0.1) is 0 Å². The summed E-state index contributed by atoms with van der Waals surface area (Å²) >= 11 is 0. The van der Waals surface area contributed by atoms with Gasteiger partial charge < -0.3 is 9.52 Å². The molecule has 0 aliphatic carbocycles. The number of aliphatic hydroxyl groups excluding tert-OH is 1. The number of aliphatic hydroxyl groups is 1. The summed E-state index contributed by atoms with van der Waals surface area (Å²) in [6.07, 6.45) is 3.08.